The van der Waals surface area contributed by atoms with Crippen LogP contribution < -0.4 is 5.32 Å². The number of ether oxygens (including phenoxy) is 1. The number of nitrogens with one attached hydrogen (secondary N) is 1. The number of carbonyl (C=O) groups excluding carboxylic acids is 1. The van der Waals surface area contributed by atoms with E-state index in [1.807, 2.05) is 24.3 Å². The van der Waals surface area contributed by atoms with Gasteiger partial charge in [-0.3, -0.25) is 0 Å². The number of hydrogen-bond donors (Lipinski definition) is 1. The molecule has 1 N–H and O–H groups in total. The van der Waals surface area contributed by atoms with Gasteiger partial charge in [0.05, 0.1) is 4.90 Å². The van der Waals surface area contributed by atoms with Crippen LogP contribution in [-0.2, 0) is 14.6 Å². The molecule has 0 saturated heterocycles. The molecule has 0 aromatic heterocycles. The van der Waals surface area contributed by atoms with E-state index in [-0.39, 0.29) is 24.0 Å². The predicted octanol–water partition coefficient (Wildman–Crippen LogP) is 4.64. The van der Waals surface area contributed by atoms with Gasteiger partial charge in [0.25, 0.3) is 0 Å². The molecule has 0 bridgehead atoms. The molecule has 5 nitrogen and oxygen atoms in total. The van der Waals surface area contributed by atoms with Crippen molar-refractivity contribution >= 4 is 22.0 Å². The molecule has 0 saturated carbocycles. The van der Waals surface area contributed by atoms with Crippen LogP contribution in [-0.4, -0.2) is 33.9 Å². The van der Waals surface area contributed by atoms with Gasteiger partial charge in [0.2, 0.25) is 0 Å². The molecule has 0 radical (unpaired) electrons. The Kier molecular flexibility index (Phi) is 5.91. The summed E-state index contributed by atoms with van der Waals surface area (Å²) >= 11 is 0. The number of carbonyl (C=O) groups is 1. The van der Waals surface area contributed by atoms with E-state index in [2.05, 4.69) is 29.6 Å². The molecule has 0 spiro atoms. The van der Waals surface area contributed by atoms with Crippen molar-refractivity contribution in [2.75, 3.05) is 19.4 Å². The quantitative estimate of drug-likeness (QED) is 0.615. The SMILES string of the molecule is CS(=O)(=O)c1cccc(C=CCNC(=O)OCC2c3ccccc3-c3ccccc32)c1. The van der Waals surface area contributed by atoms with Crippen LogP contribution in [0.5, 0.6) is 0 Å². The van der Waals surface area contributed by atoms with Gasteiger partial charge in [0, 0.05) is 18.7 Å². The average molecular weight is 434 g/mol. The van der Waals surface area contributed by atoms with Crippen molar-refractivity contribution in [1.82, 2.24) is 5.32 Å². The fourth-order valence-corrected chi connectivity index (χ4v) is 4.51. The molecule has 3 aromatic rings. The van der Waals surface area contributed by atoms with E-state index in [9.17, 15) is 13.2 Å². The minimum Gasteiger partial charge on any atom is -0.449 e. The predicted molar refractivity (Wildman–Crippen MR) is 122 cm³/mol. The van der Waals surface area contributed by atoms with E-state index in [0.717, 1.165) is 5.56 Å². The standard InChI is InChI=1S/C25H23NO4S/c1-31(28,29)19-10-6-8-18(16-19)9-7-15-26-25(27)30-17-24-22-13-4-2-11-20(22)21-12-3-5-14-23(21)24/h2-14,16,24H,15,17H2,1H3,(H,26,27). The first-order chi connectivity index (χ1) is 14.9. The fraction of sp³-hybridized carbons (Fsp3) is 0.160. The third-order valence-electron chi connectivity index (χ3n) is 5.30. The maximum atomic E-state index is 12.2. The average Bonchev–Trinajstić information content (AvgIpc) is 3.09. The lowest BCUT2D eigenvalue weighted by Crippen LogP contribution is -2.26. The Labute approximate surface area is 182 Å². The van der Waals surface area contributed by atoms with Crippen molar-refractivity contribution < 1.29 is 17.9 Å². The van der Waals surface area contributed by atoms with Crippen molar-refractivity contribution in [1.29, 1.82) is 0 Å². The Bertz CT molecular complexity index is 1200. The molecular weight excluding hydrogens is 410 g/mol. The minimum absolute atomic E-state index is 0.0208. The number of alkyl carbamates (subject to hydrolysis) is 1. The molecule has 0 atom stereocenters. The van der Waals surface area contributed by atoms with E-state index in [0.29, 0.717) is 0 Å². The van der Waals surface area contributed by atoms with Gasteiger partial charge in [-0.1, -0.05) is 72.8 Å². The lowest BCUT2D eigenvalue weighted by Gasteiger charge is -2.14. The molecule has 1 aliphatic carbocycles. The summed E-state index contributed by atoms with van der Waals surface area (Å²) in [7, 11) is -3.25. The smallest absolute Gasteiger partial charge is 0.407 e. The van der Waals surface area contributed by atoms with Gasteiger partial charge >= 0.3 is 6.09 Å². The summed E-state index contributed by atoms with van der Waals surface area (Å²) in [5.74, 6) is 0.0208. The number of hydrogen-bond acceptors (Lipinski definition) is 4. The molecule has 6 heteroatoms. The molecular formula is C25H23NO4S. The van der Waals surface area contributed by atoms with E-state index in [1.54, 1.807) is 36.4 Å². The first-order valence-electron chi connectivity index (χ1n) is 9.99. The van der Waals surface area contributed by atoms with Crippen molar-refractivity contribution in [2.45, 2.75) is 10.8 Å². The van der Waals surface area contributed by atoms with Crippen LogP contribution in [0.1, 0.15) is 22.6 Å². The monoisotopic (exact) mass is 433 g/mol. The van der Waals surface area contributed by atoms with Crippen molar-refractivity contribution in [3.63, 3.8) is 0 Å². The third kappa shape index (κ3) is 4.70. The zero-order chi connectivity index (χ0) is 21.8. The van der Waals surface area contributed by atoms with Gasteiger partial charge < -0.3 is 10.1 Å². The van der Waals surface area contributed by atoms with Gasteiger partial charge in [-0.25, -0.2) is 13.2 Å². The molecule has 0 unspecified atom stereocenters. The highest BCUT2D eigenvalue weighted by molar-refractivity contribution is 7.90. The largest absolute Gasteiger partial charge is 0.449 e. The second kappa shape index (κ2) is 8.78. The molecule has 4 rings (SSSR count). The highest BCUT2D eigenvalue weighted by Gasteiger charge is 2.28. The van der Waals surface area contributed by atoms with Crippen LogP contribution in [0.4, 0.5) is 4.79 Å². The zero-order valence-electron chi connectivity index (χ0n) is 17.1. The van der Waals surface area contributed by atoms with Crippen molar-refractivity contribution in [2.24, 2.45) is 0 Å². The third-order valence-corrected chi connectivity index (χ3v) is 6.41. The highest BCUT2D eigenvalue weighted by atomic mass is 32.2. The summed E-state index contributed by atoms with van der Waals surface area (Å²) in [6.45, 7) is 0.541. The second-order valence-electron chi connectivity index (χ2n) is 7.45. The molecule has 3 aromatic carbocycles. The second-order valence-corrected chi connectivity index (χ2v) is 9.47. The van der Waals surface area contributed by atoms with E-state index in [1.165, 1.54) is 28.5 Å². The summed E-state index contributed by atoms with van der Waals surface area (Å²) in [5, 5.41) is 2.70. The fourth-order valence-electron chi connectivity index (χ4n) is 3.84. The Morgan fingerprint density at radius 2 is 1.61 bits per heavy atom. The Hall–Kier alpha value is -3.38. The van der Waals surface area contributed by atoms with Gasteiger partial charge in [-0.05, 0) is 39.9 Å². The molecule has 0 aliphatic heterocycles. The summed E-state index contributed by atoms with van der Waals surface area (Å²) in [6.07, 6.45) is 4.20. The van der Waals surface area contributed by atoms with Crippen LogP contribution in [0.15, 0.2) is 83.8 Å². The highest BCUT2D eigenvalue weighted by Crippen LogP contribution is 2.44. The molecule has 158 valence electrons. The first kappa shape index (κ1) is 20.9. The van der Waals surface area contributed by atoms with Crippen molar-refractivity contribution in [3.05, 3.63) is 95.6 Å². The molecule has 1 amide bonds. The number of fused-ring (bicyclic) bond motifs is 3. The van der Waals surface area contributed by atoms with E-state index in [4.69, 9.17) is 4.74 Å². The molecule has 0 heterocycles. The number of sulfone groups is 1. The Morgan fingerprint density at radius 3 is 2.26 bits per heavy atom. The summed E-state index contributed by atoms with van der Waals surface area (Å²) in [4.78, 5) is 12.4. The van der Waals surface area contributed by atoms with Crippen LogP contribution >= 0.6 is 0 Å². The Morgan fingerprint density at radius 1 is 0.968 bits per heavy atom. The number of amides is 1. The topological polar surface area (TPSA) is 72.5 Å². The normalized spacial score (nSPS) is 13.1. The van der Waals surface area contributed by atoms with Gasteiger partial charge in [0.1, 0.15) is 6.61 Å². The van der Waals surface area contributed by atoms with Crippen LogP contribution in [0.25, 0.3) is 17.2 Å². The molecule has 0 fully saturated rings. The summed E-state index contributed by atoms with van der Waals surface area (Å²) < 4.78 is 28.8. The minimum atomic E-state index is -3.25. The van der Waals surface area contributed by atoms with Gasteiger partial charge in [-0.15, -0.1) is 0 Å². The maximum absolute atomic E-state index is 12.2. The lowest BCUT2D eigenvalue weighted by atomic mass is 9.98. The number of rotatable bonds is 6. The number of benzene rings is 3. The van der Waals surface area contributed by atoms with Gasteiger partial charge in [0.15, 0.2) is 9.84 Å². The van der Waals surface area contributed by atoms with E-state index >= 15 is 0 Å². The molecule has 31 heavy (non-hydrogen) atoms. The van der Waals surface area contributed by atoms with Crippen LogP contribution in [0, 0.1) is 0 Å². The molecule has 1 aliphatic rings. The Balaban J connectivity index is 1.33. The maximum Gasteiger partial charge on any atom is 0.407 e. The van der Waals surface area contributed by atoms with Crippen LogP contribution in [0.2, 0.25) is 0 Å². The van der Waals surface area contributed by atoms with E-state index < -0.39 is 15.9 Å². The van der Waals surface area contributed by atoms with Crippen LogP contribution in [0.3, 0.4) is 0 Å². The summed E-state index contributed by atoms with van der Waals surface area (Å²) in [6, 6.07) is 23.0. The zero-order valence-corrected chi connectivity index (χ0v) is 17.9. The lowest BCUT2D eigenvalue weighted by molar-refractivity contribution is 0.144. The van der Waals surface area contributed by atoms with Gasteiger partial charge in [-0.2, -0.15) is 0 Å². The van der Waals surface area contributed by atoms with Crippen molar-refractivity contribution in [3.8, 4) is 11.1 Å². The first-order valence-corrected chi connectivity index (χ1v) is 11.9. The summed E-state index contributed by atoms with van der Waals surface area (Å²) in [5.41, 5.74) is 5.46.